The Balaban J connectivity index is 2.14. The van der Waals surface area contributed by atoms with E-state index in [4.69, 9.17) is 0 Å². The van der Waals surface area contributed by atoms with Crippen LogP contribution in [0.15, 0.2) is 0 Å². The Kier molecular flexibility index (Phi) is 4.40. The smallest absolute Gasteiger partial charge is 0.329 e. The molecule has 0 aromatic rings. The Morgan fingerprint density at radius 3 is 2.00 bits per heavy atom. The van der Waals surface area contributed by atoms with Gasteiger partial charge in [0.05, 0.1) is 0 Å². The lowest BCUT2D eigenvalue weighted by atomic mass is 9.77. The molecular weight excluding hydrogens is 254 g/mol. The minimum absolute atomic E-state index is 0.00648. The van der Waals surface area contributed by atoms with Crippen molar-refractivity contribution in [2.24, 2.45) is 11.3 Å². The molecule has 4 heteroatoms. The topological polar surface area (TPSA) is 66.4 Å². The van der Waals surface area contributed by atoms with Crippen LogP contribution >= 0.6 is 0 Å². The SMILES string of the molecule is CC(C)CC1(C(=O)NC2(C(=O)O)CCCC2)CCCC1. The molecule has 4 nitrogen and oxygen atoms in total. The van der Waals surface area contributed by atoms with Crippen molar-refractivity contribution in [2.45, 2.75) is 77.2 Å². The van der Waals surface area contributed by atoms with Crippen LogP contribution in [0.2, 0.25) is 0 Å². The van der Waals surface area contributed by atoms with Crippen molar-refractivity contribution >= 4 is 11.9 Å². The van der Waals surface area contributed by atoms with E-state index < -0.39 is 11.5 Å². The molecule has 20 heavy (non-hydrogen) atoms. The first kappa shape index (κ1) is 15.3. The second kappa shape index (κ2) is 5.74. The number of carboxylic acids is 1. The highest BCUT2D eigenvalue weighted by atomic mass is 16.4. The molecule has 0 bridgehead atoms. The number of nitrogens with one attached hydrogen (secondary N) is 1. The molecule has 0 atom stereocenters. The zero-order valence-electron chi connectivity index (χ0n) is 12.7. The van der Waals surface area contributed by atoms with Gasteiger partial charge in [0.15, 0.2) is 0 Å². The number of carbonyl (C=O) groups excluding carboxylic acids is 1. The van der Waals surface area contributed by atoms with E-state index in [0.29, 0.717) is 18.8 Å². The average molecular weight is 281 g/mol. The van der Waals surface area contributed by atoms with Crippen LogP contribution in [0, 0.1) is 11.3 Å². The minimum Gasteiger partial charge on any atom is -0.480 e. The van der Waals surface area contributed by atoms with Gasteiger partial charge in [-0.2, -0.15) is 0 Å². The fraction of sp³-hybridized carbons (Fsp3) is 0.875. The summed E-state index contributed by atoms with van der Waals surface area (Å²) in [5.41, 5.74) is -1.32. The molecule has 2 aliphatic rings. The summed E-state index contributed by atoms with van der Waals surface area (Å²) in [6.45, 7) is 4.27. The number of carbonyl (C=O) groups is 2. The van der Waals surface area contributed by atoms with E-state index in [9.17, 15) is 14.7 Å². The lowest BCUT2D eigenvalue weighted by Crippen LogP contribution is -2.56. The van der Waals surface area contributed by atoms with Gasteiger partial charge in [-0.3, -0.25) is 4.79 Å². The lowest BCUT2D eigenvalue weighted by molar-refractivity contribution is -0.149. The molecule has 0 heterocycles. The minimum atomic E-state index is -0.996. The van der Waals surface area contributed by atoms with E-state index in [1.807, 2.05) is 0 Å². The zero-order valence-corrected chi connectivity index (χ0v) is 12.7. The maximum Gasteiger partial charge on any atom is 0.329 e. The molecule has 2 aliphatic carbocycles. The summed E-state index contributed by atoms with van der Waals surface area (Å²) in [4.78, 5) is 24.4. The predicted octanol–water partition coefficient (Wildman–Crippen LogP) is 3.11. The van der Waals surface area contributed by atoms with Crippen molar-refractivity contribution in [3.63, 3.8) is 0 Å². The summed E-state index contributed by atoms with van der Waals surface area (Å²) >= 11 is 0. The maximum atomic E-state index is 12.8. The van der Waals surface area contributed by atoms with Crippen LogP contribution in [0.5, 0.6) is 0 Å². The average Bonchev–Trinajstić information content (AvgIpc) is 2.98. The Morgan fingerprint density at radius 2 is 1.55 bits per heavy atom. The highest BCUT2D eigenvalue weighted by Crippen LogP contribution is 2.44. The Bertz CT molecular complexity index is 377. The first-order valence-electron chi connectivity index (χ1n) is 7.96. The van der Waals surface area contributed by atoms with Gasteiger partial charge in [-0.1, -0.05) is 39.5 Å². The number of amides is 1. The molecule has 114 valence electrons. The Hall–Kier alpha value is -1.06. The summed E-state index contributed by atoms with van der Waals surface area (Å²) in [5.74, 6) is -0.405. The molecule has 0 aromatic heterocycles. The summed E-state index contributed by atoms with van der Waals surface area (Å²) in [6.07, 6.45) is 7.79. The van der Waals surface area contributed by atoms with Gasteiger partial charge in [-0.15, -0.1) is 0 Å². The molecular formula is C16H27NO3. The Morgan fingerprint density at radius 1 is 1.05 bits per heavy atom. The van der Waals surface area contributed by atoms with Gasteiger partial charge >= 0.3 is 5.97 Å². The normalized spacial score (nSPS) is 23.9. The van der Waals surface area contributed by atoms with E-state index in [1.54, 1.807) is 0 Å². The van der Waals surface area contributed by atoms with E-state index in [0.717, 1.165) is 44.9 Å². The molecule has 0 aromatic carbocycles. The number of rotatable bonds is 5. The summed E-state index contributed by atoms with van der Waals surface area (Å²) in [5, 5.41) is 12.4. The number of aliphatic carboxylic acids is 1. The summed E-state index contributed by atoms with van der Waals surface area (Å²) < 4.78 is 0. The first-order chi connectivity index (χ1) is 9.40. The molecule has 0 spiro atoms. The molecule has 2 saturated carbocycles. The van der Waals surface area contributed by atoms with Gasteiger partial charge in [0.2, 0.25) is 5.91 Å². The van der Waals surface area contributed by atoms with Gasteiger partial charge in [-0.05, 0) is 38.0 Å². The fourth-order valence-corrected chi connectivity index (χ4v) is 4.08. The Labute approximate surface area is 121 Å². The monoisotopic (exact) mass is 281 g/mol. The zero-order chi connectivity index (χ0) is 14.8. The van der Waals surface area contributed by atoms with Crippen molar-refractivity contribution in [1.82, 2.24) is 5.32 Å². The largest absolute Gasteiger partial charge is 0.480 e. The molecule has 2 N–H and O–H groups in total. The molecule has 2 fully saturated rings. The van der Waals surface area contributed by atoms with Crippen LogP contribution in [-0.2, 0) is 9.59 Å². The summed E-state index contributed by atoms with van der Waals surface area (Å²) in [7, 11) is 0. The van der Waals surface area contributed by atoms with Crippen molar-refractivity contribution in [3.8, 4) is 0 Å². The third kappa shape index (κ3) is 2.84. The van der Waals surface area contributed by atoms with Crippen LogP contribution in [0.1, 0.15) is 71.6 Å². The van der Waals surface area contributed by atoms with Gasteiger partial charge in [0.25, 0.3) is 0 Å². The molecule has 2 rings (SSSR count). The molecule has 0 aliphatic heterocycles. The van der Waals surface area contributed by atoms with Crippen LogP contribution in [0.4, 0.5) is 0 Å². The van der Waals surface area contributed by atoms with Crippen molar-refractivity contribution in [1.29, 1.82) is 0 Å². The molecule has 0 radical (unpaired) electrons. The van der Waals surface area contributed by atoms with Crippen LogP contribution in [-0.4, -0.2) is 22.5 Å². The second-order valence-electron chi connectivity index (χ2n) is 7.13. The highest BCUT2D eigenvalue weighted by Gasteiger charge is 2.48. The first-order valence-corrected chi connectivity index (χ1v) is 7.96. The molecule has 1 amide bonds. The van der Waals surface area contributed by atoms with E-state index in [-0.39, 0.29) is 11.3 Å². The third-order valence-electron chi connectivity index (χ3n) is 5.06. The van der Waals surface area contributed by atoms with Gasteiger partial charge in [0.1, 0.15) is 5.54 Å². The van der Waals surface area contributed by atoms with E-state index in [1.165, 1.54) is 0 Å². The van der Waals surface area contributed by atoms with Gasteiger partial charge in [-0.25, -0.2) is 4.79 Å². The van der Waals surface area contributed by atoms with Crippen molar-refractivity contribution < 1.29 is 14.7 Å². The maximum absolute atomic E-state index is 12.8. The number of hydrogen-bond acceptors (Lipinski definition) is 2. The van der Waals surface area contributed by atoms with Gasteiger partial charge in [0, 0.05) is 5.41 Å². The predicted molar refractivity (Wildman–Crippen MR) is 77.3 cm³/mol. The fourth-order valence-electron chi connectivity index (χ4n) is 4.08. The van der Waals surface area contributed by atoms with Crippen molar-refractivity contribution in [3.05, 3.63) is 0 Å². The van der Waals surface area contributed by atoms with Crippen molar-refractivity contribution in [2.75, 3.05) is 0 Å². The van der Waals surface area contributed by atoms with Crippen LogP contribution < -0.4 is 5.32 Å². The number of hydrogen-bond donors (Lipinski definition) is 2. The lowest BCUT2D eigenvalue weighted by Gasteiger charge is -2.34. The quantitative estimate of drug-likeness (QED) is 0.813. The van der Waals surface area contributed by atoms with Crippen LogP contribution in [0.25, 0.3) is 0 Å². The number of carboxylic acid groups (broad SMARTS) is 1. The van der Waals surface area contributed by atoms with E-state index >= 15 is 0 Å². The summed E-state index contributed by atoms with van der Waals surface area (Å²) in [6, 6.07) is 0. The molecule has 0 unspecified atom stereocenters. The van der Waals surface area contributed by atoms with Gasteiger partial charge < -0.3 is 10.4 Å². The van der Waals surface area contributed by atoms with Crippen LogP contribution in [0.3, 0.4) is 0 Å². The van der Waals surface area contributed by atoms with E-state index in [2.05, 4.69) is 19.2 Å². The second-order valence-corrected chi connectivity index (χ2v) is 7.13. The molecule has 0 saturated heterocycles. The highest BCUT2D eigenvalue weighted by molar-refractivity contribution is 5.90. The third-order valence-corrected chi connectivity index (χ3v) is 5.06. The standard InChI is InChI=1S/C16H27NO3/c1-12(2)11-15(7-3-4-8-15)13(18)17-16(14(19)20)9-5-6-10-16/h12H,3-11H2,1-2H3,(H,17,18)(H,19,20).